The molecule has 0 radical (unpaired) electrons. The second-order valence-electron chi connectivity index (χ2n) is 3.62. The standard InChI is InChI=1S/C12H9ClN2O2/c1-8-2-3-10(15(16)17)7-11(8)9-4-5-14-12(13)6-9/h2-7H,1H3. The maximum Gasteiger partial charge on any atom is 0.270 e. The summed E-state index contributed by atoms with van der Waals surface area (Å²) in [5.41, 5.74) is 2.64. The summed E-state index contributed by atoms with van der Waals surface area (Å²) in [6.07, 6.45) is 1.58. The van der Waals surface area contributed by atoms with E-state index in [9.17, 15) is 10.1 Å². The molecule has 0 aliphatic carbocycles. The number of halogens is 1. The number of hydrogen-bond acceptors (Lipinski definition) is 3. The lowest BCUT2D eigenvalue weighted by atomic mass is 10.0. The number of aromatic nitrogens is 1. The lowest BCUT2D eigenvalue weighted by Crippen LogP contribution is -1.91. The molecule has 0 spiro atoms. The summed E-state index contributed by atoms with van der Waals surface area (Å²) in [5, 5.41) is 11.1. The SMILES string of the molecule is Cc1ccc([N+](=O)[O-])cc1-c1ccnc(Cl)c1. The van der Waals surface area contributed by atoms with E-state index >= 15 is 0 Å². The number of nitro groups is 1. The number of nitrogens with zero attached hydrogens (tertiary/aromatic N) is 2. The predicted molar refractivity (Wildman–Crippen MR) is 66.1 cm³/mol. The molecule has 4 nitrogen and oxygen atoms in total. The first kappa shape index (κ1) is 11.5. The van der Waals surface area contributed by atoms with Crippen LogP contribution in [0.15, 0.2) is 36.5 Å². The van der Waals surface area contributed by atoms with Crippen LogP contribution in [0.4, 0.5) is 5.69 Å². The smallest absolute Gasteiger partial charge is 0.258 e. The molecule has 5 heteroatoms. The maximum atomic E-state index is 10.7. The highest BCUT2D eigenvalue weighted by Crippen LogP contribution is 2.28. The second kappa shape index (κ2) is 4.51. The fourth-order valence-electron chi connectivity index (χ4n) is 1.60. The molecule has 0 aliphatic heterocycles. The molecule has 0 N–H and O–H groups in total. The molecule has 0 bridgehead atoms. The minimum absolute atomic E-state index is 0.0681. The van der Waals surface area contributed by atoms with E-state index in [0.717, 1.165) is 16.7 Å². The number of pyridine rings is 1. The van der Waals surface area contributed by atoms with Gasteiger partial charge < -0.3 is 0 Å². The molecule has 1 aromatic carbocycles. The third-order valence-corrected chi connectivity index (χ3v) is 2.68. The second-order valence-corrected chi connectivity index (χ2v) is 4.01. The van der Waals surface area contributed by atoms with Crippen LogP contribution >= 0.6 is 11.6 Å². The molecular formula is C12H9ClN2O2. The molecule has 2 rings (SSSR count). The Morgan fingerprint density at radius 2 is 2.06 bits per heavy atom. The Balaban J connectivity index is 2.58. The Labute approximate surface area is 103 Å². The lowest BCUT2D eigenvalue weighted by molar-refractivity contribution is -0.384. The Hall–Kier alpha value is -1.94. The largest absolute Gasteiger partial charge is 0.270 e. The van der Waals surface area contributed by atoms with Crippen LogP contribution in [0.1, 0.15) is 5.56 Å². The van der Waals surface area contributed by atoms with Crippen LogP contribution in [-0.2, 0) is 0 Å². The normalized spacial score (nSPS) is 10.2. The van der Waals surface area contributed by atoms with Gasteiger partial charge in [0.25, 0.3) is 5.69 Å². The van der Waals surface area contributed by atoms with Crippen molar-refractivity contribution < 1.29 is 4.92 Å². The highest BCUT2D eigenvalue weighted by Gasteiger charge is 2.10. The zero-order valence-corrected chi connectivity index (χ0v) is 9.81. The quantitative estimate of drug-likeness (QED) is 0.463. The molecule has 2 aromatic rings. The number of hydrogen-bond donors (Lipinski definition) is 0. The van der Waals surface area contributed by atoms with Gasteiger partial charge in [0.05, 0.1) is 4.92 Å². The van der Waals surface area contributed by atoms with Crippen molar-refractivity contribution in [2.24, 2.45) is 0 Å². The molecule has 17 heavy (non-hydrogen) atoms. The van der Waals surface area contributed by atoms with Crippen molar-refractivity contribution in [1.82, 2.24) is 4.98 Å². The fraction of sp³-hybridized carbons (Fsp3) is 0.0833. The summed E-state index contributed by atoms with van der Waals surface area (Å²) >= 11 is 5.80. The van der Waals surface area contributed by atoms with Gasteiger partial charge in [-0.25, -0.2) is 4.98 Å². The Kier molecular flexibility index (Phi) is 3.06. The van der Waals surface area contributed by atoms with Crippen molar-refractivity contribution in [3.05, 3.63) is 57.4 Å². The van der Waals surface area contributed by atoms with Gasteiger partial charge in [0.15, 0.2) is 0 Å². The van der Waals surface area contributed by atoms with Crippen LogP contribution in [0, 0.1) is 17.0 Å². The van der Waals surface area contributed by atoms with E-state index < -0.39 is 4.92 Å². The Morgan fingerprint density at radius 3 is 2.71 bits per heavy atom. The van der Waals surface area contributed by atoms with E-state index in [0.29, 0.717) is 5.15 Å². The number of nitro benzene ring substituents is 1. The van der Waals surface area contributed by atoms with Crippen LogP contribution in [-0.4, -0.2) is 9.91 Å². The molecule has 1 heterocycles. The van der Waals surface area contributed by atoms with Gasteiger partial charge in [-0.2, -0.15) is 0 Å². The van der Waals surface area contributed by atoms with Crippen LogP contribution in [0.2, 0.25) is 5.15 Å². The summed E-state index contributed by atoms with van der Waals surface area (Å²) < 4.78 is 0. The molecular weight excluding hydrogens is 240 g/mol. The summed E-state index contributed by atoms with van der Waals surface area (Å²) in [6, 6.07) is 8.22. The van der Waals surface area contributed by atoms with Crippen LogP contribution in [0.25, 0.3) is 11.1 Å². The highest BCUT2D eigenvalue weighted by molar-refractivity contribution is 6.29. The fourth-order valence-corrected chi connectivity index (χ4v) is 1.78. The molecule has 0 saturated heterocycles. The third-order valence-electron chi connectivity index (χ3n) is 2.47. The van der Waals surface area contributed by atoms with Crippen molar-refractivity contribution >= 4 is 17.3 Å². The van der Waals surface area contributed by atoms with Gasteiger partial charge in [-0.1, -0.05) is 17.7 Å². The van der Waals surface area contributed by atoms with Gasteiger partial charge in [0.1, 0.15) is 5.15 Å². The minimum Gasteiger partial charge on any atom is -0.258 e. The first-order chi connectivity index (χ1) is 8.08. The molecule has 86 valence electrons. The topological polar surface area (TPSA) is 56.0 Å². The number of non-ortho nitro benzene ring substituents is 1. The van der Waals surface area contributed by atoms with Crippen molar-refractivity contribution in [2.45, 2.75) is 6.92 Å². The molecule has 0 atom stereocenters. The van der Waals surface area contributed by atoms with E-state index in [1.807, 2.05) is 6.92 Å². The number of benzene rings is 1. The van der Waals surface area contributed by atoms with E-state index in [4.69, 9.17) is 11.6 Å². The first-order valence-electron chi connectivity index (χ1n) is 4.95. The minimum atomic E-state index is -0.411. The van der Waals surface area contributed by atoms with Crippen molar-refractivity contribution in [2.75, 3.05) is 0 Å². The number of aryl methyl sites for hydroxylation is 1. The zero-order valence-electron chi connectivity index (χ0n) is 9.05. The van der Waals surface area contributed by atoms with Gasteiger partial charge in [0, 0.05) is 18.3 Å². The first-order valence-corrected chi connectivity index (χ1v) is 5.32. The molecule has 0 amide bonds. The van der Waals surface area contributed by atoms with Crippen LogP contribution in [0.3, 0.4) is 0 Å². The van der Waals surface area contributed by atoms with E-state index in [2.05, 4.69) is 4.98 Å². The van der Waals surface area contributed by atoms with Crippen LogP contribution in [0.5, 0.6) is 0 Å². The van der Waals surface area contributed by atoms with Crippen LogP contribution < -0.4 is 0 Å². The van der Waals surface area contributed by atoms with Gasteiger partial charge in [0.2, 0.25) is 0 Å². The van der Waals surface area contributed by atoms with Crippen molar-refractivity contribution in [1.29, 1.82) is 0 Å². The Bertz CT molecular complexity index is 584. The van der Waals surface area contributed by atoms with E-state index in [1.54, 1.807) is 30.5 Å². The molecule has 0 unspecified atom stereocenters. The molecule has 0 aliphatic rings. The average Bonchev–Trinajstić information content (AvgIpc) is 2.29. The van der Waals surface area contributed by atoms with Gasteiger partial charge in [-0.15, -0.1) is 0 Å². The molecule has 1 aromatic heterocycles. The highest BCUT2D eigenvalue weighted by atomic mass is 35.5. The maximum absolute atomic E-state index is 10.7. The van der Waals surface area contributed by atoms with Crippen molar-refractivity contribution in [3.63, 3.8) is 0 Å². The summed E-state index contributed by atoms with van der Waals surface area (Å²) in [6.45, 7) is 1.90. The van der Waals surface area contributed by atoms with Gasteiger partial charge in [-0.05, 0) is 35.7 Å². The monoisotopic (exact) mass is 248 g/mol. The summed E-state index contributed by atoms with van der Waals surface area (Å²) in [4.78, 5) is 14.2. The summed E-state index contributed by atoms with van der Waals surface area (Å²) in [7, 11) is 0. The Morgan fingerprint density at radius 1 is 1.29 bits per heavy atom. The number of rotatable bonds is 2. The molecule has 0 fully saturated rings. The zero-order chi connectivity index (χ0) is 12.4. The van der Waals surface area contributed by atoms with E-state index in [-0.39, 0.29) is 5.69 Å². The van der Waals surface area contributed by atoms with Crippen molar-refractivity contribution in [3.8, 4) is 11.1 Å². The summed E-state index contributed by atoms with van der Waals surface area (Å²) in [5.74, 6) is 0. The molecule has 0 saturated carbocycles. The average molecular weight is 249 g/mol. The van der Waals surface area contributed by atoms with Gasteiger partial charge >= 0.3 is 0 Å². The lowest BCUT2D eigenvalue weighted by Gasteiger charge is -2.05. The van der Waals surface area contributed by atoms with Gasteiger partial charge in [-0.3, -0.25) is 10.1 Å². The van der Waals surface area contributed by atoms with E-state index in [1.165, 1.54) is 6.07 Å². The predicted octanol–water partition coefficient (Wildman–Crippen LogP) is 3.62. The third kappa shape index (κ3) is 2.42.